The molecular formula is C21H21N3O3. The summed E-state index contributed by atoms with van der Waals surface area (Å²) >= 11 is 0. The third kappa shape index (κ3) is 4.41. The number of nitrogens with one attached hydrogen (secondary N) is 1. The number of nitrogens with zero attached hydrogens (tertiary/aromatic N) is 2. The fourth-order valence-electron chi connectivity index (χ4n) is 2.89. The topological polar surface area (TPSA) is 73.1 Å². The van der Waals surface area contributed by atoms with Crippen molar-refractivity contribution >= 4 is 11.6 Å². The Balaban J connectivity index is 1.81. The first-order valence-corrected chi connectivity index (χ1v) is 8.65. The van der Waals surface area contributed by atoms with E-state index in [0.717, 1.165) is 21.3 Å². The van der Waals surface area contributed by atoms with Crippen LogP contribution in [0.4, 0.5) is 5.69 Å². The van der Waals surface area contributed by atoms with Crippen LogP contribution in [0.3, 0.4) is 0 Å². The lowest BCUT2D eigenvalue weighted by atomic mass is 10.1. The molecule has 0 aliphatic heterocycles. The Labute approximate surface area is 156 Å². The van der Waals surface area contributed by atoms with Crippen LogP contribution in [0, 0.1) is 13.8 Å². The molecule has 6 heteroatoms. The summed E-state index contributed by atoms with van der Waals surface area (Å²) in [6.45, 7) is 3.86. The normalized spacial score (nSPS) is 10.6. The molecule has 1 N–H and O–H groups in total. The minimum atomic E-state index is -0.512. The van der Waals surface area contributed by atoms with E-state index in [0.29, 0.717) is 12.2 Å². The number of hydrogen-bond donors (Lipinski definition) is 1. The molecule has 3 rings (SSSR count). The van der Waals surface area contributed by atoms with Crippen LogP contribution in [-0.4, -0.2) is 15.0 Å². The zero-order chi connectivity index (χ0) is 19.4. The molecule has 0 aliphatic carbocycles. The van der Waals surface area contributed by atoms with Gasteiger partial charge in [0, 0.05) is 18.0 Å². The maximum absolute atomic E-state index is 12.6. The third-order valence-corrected chi connectivity index (χ3v) is 4.29. The van der Waals surface area contributed by atoms with E-state index in [1.807, 2.05) is 62.4 Å². The molecule has 6 nitrogen and oxygen atoms in total. The number of carbonyl (C=O) groups is 1. The van der Waals surface area contributed by atoms with Crippen LogP contribution in [0.1, 0.15) is 16.7 Å². The highest BCUT2D eigenvalue weighted by atomic mass is 16.2. The second kappa shape index (κ2) is 7.86. The molecule has 0 radical (unpaired) electrons. The van der Waals surface area contributed by atoms with Gasteiger partial charge in [0.1, 0.15) is 6.54 Å². The lowest BCUT2D eigenvalue weighted by Crippen LogP contribution is -2.41. The van der Waals surface area contributed by atoms with Gasteiger partial charge in [0.15, 0.2) is 0 Å². The van der Waals surface area contributed by atoms with Crippen molar-refractivity contribution in [1.29, 1.82) is 0 Å². The molecule has 1 heterocycles. The van der Waals surface area contributed by atoms with Gasteiger partial charge in [-0.3, -0.25) is 18.7 Å². The third-order valence-electron chi connectivity index (χ3n) is 4.29. The van der Waals surface area contributed by atoms with Crippen molar-refractivity contribution < 1.29 is 4.79 Å². The molecule has 0 bridgehead atoms. The van der Waals surface area contributed by atoms with Gasteiger partial charge in [0.25, 0.3) is 5.56 Å². The molecule has 0 unspecified atom stereocenters. The number of benzene rings is 2. The average Bonchev–Trinajstić information content (AvgIpc) is 2.64. The van der Waals surface area contributed by atoms with E-state index >= 15 is 0 Å². The van der Waals surface area contributed by atoms with Gasteiger partial charge in [-0.2, -0.15) is 0 Å². The zero-order valence-corrected chi connectivity index (χ0v) is 15.3. The van der Waals surface area contributed by atoms with Crippen molar-refractivity contribution in [1.82, 2.24) is 9.13 Å². The van der Waals surface area contributed by atoms with Crippen molar-refractivity contribution in [2.75, 3.05) is 5.32 Å². The Morgan fingerprint density at radius 2 is 1.74 bits per heavy atom. The van der Waals surface area contributed by atoms with Gasteiger partial charge >= 0.3 is 5.69 Å². The quantitative estimate of drug-likeness (QED) is 0.756. The first-order valence-electron chi connectivity index (χ1n) is 8.65. The number of aryl methyl sites for hydroxylation is 2. The van der Waals surface area contributed by atoms with E-state index < -0.39 is 17.2 Å². The minimum absolute atomic E-state index is 0.332. The van der Waals surface area contributed by atoms with Gasteiger partial charge in [-0.15, -0.1) is 0 Å². The fraction of sp³-hybridized carbons (Fsp3) is 0.190. The van der Waals surface area contributed by atoms with Crippen molar-refractivity contribution in [2.24, 2.45) is 0 Å². The van der Waals surface area contributed by atoms with E-state index in [9.17, 15) is 14.4 Å². The maximum Gasteiger partial charge on any atom is 0.331 e. The highest BCUT2D eigenvalue weighted by Crippen LogP contribution is 2.15. The summed E-state index contributed by atoms with van der Waals surface area (Å²) in [5.74, 6) is -0.418. The lowest BCUT2D eigenvalue weighted by molar-refractivity contribution is -0.116. The molecule has 0 saturated heterocycles. The summed E-state index contributed by atoms with van der Waals surface area (Å²) in [4.78, 5) is 37.1. The van der Waals surface area contributed by atoms with Gasteiger partial charge in [0.05, 0.1) is 6.54 Å². The van der Waals surface area contributed by atoms with Crippen molar-refractivity contribution in [3.8, 4) is 0 Å². The molecule has 3 aromatic rings. The van der Waals surface area contributed by atoms with Crippen molar-refractivity contribution in [3.63, 3.8) is 0 Å². The molecule has 0 fully saturated rings. The number of aromatic nitrogens is 2. The first-order chi connectivity index (χ1) is 12.9. The predicted octanol–water partition coefficient (Wildman–Crippen LogP) is 2.31. The van der Waals surface area contributed by atoms with Crippen LogP contribution in [0.5, 0.6) is 0 Å². The SMILES string of the molecule is Cc1ccc(NC(=O)Cn2c(=O)ccn(Cc3ccccc3)c2=O)c(C)c1. The number of rotatable bonds is 5. The van der Waals surface area contributed by atoms with Gasteiger partial charge in [-0.25, -0.2) is 4.79 Å². The molecule has 138 valence electrons. The second-order valence-corrected chi connectivity index (χ2v) is 6.50. The molecular weight excluding hydrogens is 342 g/mol. The summed E-state index contributed by atoms with van der Waals surface area (Å²) in [6, 6.07) is 16.4. The standard InChI is InChI=1S/C21H21N3O3/c1-15-8-9-18(16(2)12-15)22-19(25)14-24-20(26)10-11-23(21(24)27)13-17-6-4-3-5-7-17/h3-12H,13-14H2,1-2H3,(H,22,25). The Kier molecular flexibility index (Phi) is 5.35. The predicted molar refractivity (Wildman–Crippen MR) is 105 cm³/mol. The molecule has 1 amide bonds. The summed E-state index contributed by atoms with van der Waals surface area (Å²) in [6.07, 6.45) is 1.45. The zero-order valence-electron chi connectivity index (χ0n) is 15.3. The number of hydrogen-bond acceptors (Lipinski definition) is 3. The van der Waals surface area contributed by atoms with Crippen LogP contribution in [-0.2, 0) is 17.9 Å². The van der Waals surface area contributed by atoms with Crippen molar-refractivity contribution in [3.05, 3.63) is 98.3 Å². The lowest BCUT2D eigenvalue weighted by Gasteiger charge is -2.12. The van der Waals surface area contributed by atoms with Gasteiger partial charge < -0.3 is 5.32 Å². The fourth-order valence-corrected chi connectivity index (χ4v) is 2.89. The molecule has 0 spiro atoms. The van der Waals surface area contributed by atoms with Gasteiger partial charge in [-0.1, -0.05) is 48.0 Å². The number of anilines is 1. The molecule has 0 atom stereocenters. The highest BCUT2D eigenvalue weighted by Gasteiger charge is 2.11. The first kappa shape index (κ1) is 18.4. The van der Waals surface area contributed by atoms with Crippen LogP contribution in [0.15, 0.2) is 70.4 Å². The summed E-state index contributed by atoms with van der Waals surface area (Å²) in [7, 11) is 0. The summed E-state index contributed by atoms with van der Waals surface area (Å²) < 4.78 is 2.36. The average molecular weight is 363 g/mol. The van der Waals surface area contributed by atoms with E-state index in [4.69, 9.17) is 0 Å². The summed E-state index contributed by atoms with van der Waals surface area (Å²) in [5, 5.41) is 2.76. The van der Waals surface area contributed by atoms with Gasteiger partial charge in [-0.05, 0) is 31.0 Å². The number of amides is 1. The van der Waals surface area contributed by atoms with Crippen LogP contribution in [0.2, 0.25) is 0 Å². The van der Waals surface area contributed by atoms with Crippen LogP contribution < -0.4 is 16.6 Å². The Bertz CT molecular complexity index is 1080. The molecule has 0 saturated carbocycles. The van der Waals surface area contributed by atoms with E-state index in [1.54, 1.807) is 0 Å². The van der Waals surface area contributed by atoms with Gasteiger partial charge in [0.2, 0.25) is 5.91 Å². The Hall–Kier alpha value is -3.41. The highest BCUT2D eigenvalue weighted by molar-refractivity contribution is 5.91. The maximum atomic E-state index is 12.6. The monoisotopic (exact) mass is 363 g/mol. The number of carbonyl (C=O) groups excluding carboxylic acids is 1. The Morgan fingerprint density at radius 3 is 2.44 bits per heavy atom. The Morgan fingerprint density at radius 1 is 1.00 bits per heavy atom. The largest absolute Gasteiger partial charge is 0.331 e. The second-order valence-electron chi connectivity index (χ2n) is 6.50. The molecule has 0 aliphatic rings. The molecule has 27 heavy (non-hydrogen) atoms. The molecule has 2 aromatic carbocycles. The van der Waals surface area contributed by atoms with E-state index in [1.165, 1.54) is 16.8 Å². The minimum Gasteiger partial charge on any atom is -0.324 e. The van der Waals surface area contributed by atoms with E-state index in [-0.39, 0.29) is 6.54 Å². The smallest absolute Gasteiger partial charge is 0.324 e. The van der Waals surface area contributed by atoms with E-state index in [2.05, 4.69) is 5.32 Å². The molecule has 1 aromatic heterocycles. The van der Waals surface area contributed by atoms with Crippen molar-refractivity contribution in [2.45, 2.75) is 26.9 Å². The summed E-state index contributed by atoms with van der Waals surface area (Å²) in [5.41, 5.74) is 2.60. The van der Waals surface area contributed by atoms with Crippen LogP contribution >= 0.6 is 0 Å². The van der Waals surface area contributed by atoms with Crippen LogP contribution in [0.25, 0.3) is 0 Å².